The molecule has 11 heavy (non-hydrogen) atoms. The molecule has 1 radical (unpaired) electrons. The van der Waals surface area contributed by atoms with Crippen molar-refractivity contribution >= 4 is 0 Å². The van der Waals surface area contributed by atoms with Gasteiger partial charge in [0, 0.05) is 17.1 Å². The van der Waals surface area contributed by atoms with Gasteiger partial charge >= 0.3 is 0 Å². The molecule has 0 aromatic rings. The van der Waals surface area contributed by atoms with E-state index >= 15 is 0 Å². The molecular weight excluding hydrogens is 175 g/mol. The fourth-order valence-corrected chi connectivity index (χ4v) is 2.75. The van der Waals surface area contributed by atoms with Crippen LogP contribution in [0.4, 0.5) is 0 Å². The van der Waals surface area contributed by atoms with Gasteiger partial charge in [-0.2, -0.15) is 0 Å². The second-order valence-corrected chi connectivity index (χ2v) is 3.91. The number of hydrogen-bond donors (Lipinski definition) is 0. The molecule has 0 saturated heterocycles. The zero-order valence-corrected chi connectivity index (χ0v) is 8.72. The van der Waals surface area contributed by atoms with Crippen molar-refractivity contribution in [3.8, 4) is 0 Å². The second-order valence-electron chi connectivity index (χ2n) is 3.91. The van der Waals surface area contributed by atoms with Gasteiger partial charge in [-0.15, -0.1) is 0 Å². The maximum Gasteiger partial charge on any atom is 0 e. The summed E-state index contributed by atoms with van der Waals surface area (Å²) >= 11 is 0. The minimum atomic E-state index is 0. The van der Waals surface area contributed by atoms with Gasteiger partial charge in [-0.25, -0.2) is 0 Å². The Morgan fingerprint density at radius 3 is 1.18 bits per heavy atom. The summed E-state index contributed by atoms with van der Waals surface area (Å²) in [5, 5.41) is 0. The SMILES string of the molecule is C1CCC2(C1)CCCC2.[CH3-].[Mn]. The van der Waals surface area contributed by atoms with Gasteiger partial charge in [0.05, 0.1) is 0 Å². The largest absolute Gasteiger partial charge is 0.358 e. The Morgan fingerprint density at radius 2 is 0.909 bits per heavy atom. The number of rotatable bonds is 0. The Bertz CT molecular complexity index is 79.9. The molecule has 2 fully saturated rings. The molecule has 2 rings (SSSR count). The van der Waals surface area contributed by atoms with E-state index in [1.165, 1.54) is 25.7 Å². The van der Waals surface area contributed by atoms with Crippen LogP contribution < -0.4 is 0 Å². The predicted molar refractivity (Wildman–Crippen MR) is 45.8 cm³/mol. The van der Waals surface area contributed by atoms with Crippen molar-refractivity contribution in [2.75, 3.05) is 0 Å². The number of hydrogen-bond acceptors (Lipinski definition) is 0. The molecule has 1 spiro atoms. The Labute approximate surface area is 81.6 Å². The van der Waals surface area contributed by atoms with E-state index in [9.17, 15) is 0 Å². The van der Waals surface area contributed by atoms with Crippen molar-refractivity contribution in [1.82, 2.24) is 0 Å². The average Bonchev–Trinajstić information content (AvgIpc) is 2.45. The van der Waals surface area contributed by atoms with E-state index < -0.39 is 0 Å². The van der Waals surface area contributed by atoms with Gasteiger partial charge in [-0.1, -0.05) is 25.7 Å². The summed E-state index contributed by atoms with van der Waals surface area (Å²) in [5.41, 5.74) is 0.889. The van der Waals surface area contributed by atoms with Crippen molar-refractivity contribution < 1.29 is 17.1 Å². The third kappa shape index (κ3) is 2.23. The summed E-state index contributed by atoms with van der Waals surface area (Å²) < 4.78 is 0. The van der Waals surface area contributed by atoms with Gasteiger partial charge in [-0.05, 0) is 31.1 Å². The first kappa shape index (κ1) is 11.5. The van der Waals surface area contributed by atoms with Gasteiger partial charge in [0.25, 0.3) is 0 Å². The molecule has 67 valence electrons. The zero-order valence-electron chi connectivity index (χ0n) is 7.53. The van der Waals surface area contributed by atoms with E-state index in [4.69, 9.17) is 0 Å². The van der Waals surface area contributed by atoms with Crippen molar-refractivity contribution in [2.24, 2.45) is 5.41 Å². The van der Waals surface area contributed by atoms with Crippen LogP contribution in [0.1, 0.15) is 51.4 Å². The molecule has 0 unspecified atom stereocenters. The molecule has 2 aliphatic rings. The third-order valence-electron chi connectivity index (χ3n) is 3.33. The van der Waals surface area contributed by atoms with Crippen LogP contribution >= 0.6 is 0 Å². The van der Waals surface area contributed by atoms with Crippen LogP contribution in [-0.2, 0) is 17.1 Å². The molecule has 0 bridgehead atoms. The maximum atomic E-state index is 1.56. The fourth-order valence-electron chi connectivity index (χ4n) is 2.75. The van der Waals surface area contributed by atoms with E-state index in [1.807, 2.05) is 0 Å². The van der Waals surface area contributed by atoms with Gasteiger partial charge in [0.2, 0.25) is 0 Å². The minimum absolute atomic E-state index is 0. The summed E-state index contributed by atoms with van der Waals surface area (Å²) in [6, 6.07) is 0. The van der Waals surface area contributed by atoms with E-state index in [0.29, 0.717) is 0 Å². The Kier molecular flexibility index (Phi) is 4.74. The van der Waals surface area contributed by atoms with Gasteiger partial charge in [0.15, 0.2) is 0 Å². The average molecular weight is 194 g/mol. The summed E-state index contributed by atoms with van der Waals surface area (Å²) in [6.07, 6.45) is 12.4. The van der Waals surface area contributed by atoms with Crippen molar-refractivity contribution in [3.05, 3.63) is 7.43 Å². The molecule has 0 atom stereocenters. The van der Waals surface area contributed by atoms with Crippen molar-refractivity contribution in [3.63, 3.8) is 0 Å². The molecule has 2 aliphatic carbocycles. The Hall–Kier alpha value is 0.519. The Balaban J connectivity index is 0.000000500. The van der Waals surface area contributed by atoms with E-state index in [1.54, 1.807) is 25.7 Å². The van der Waals surface area contributed by atoms with Crippen molar-refractivity contribution in [2.45, 2.75) is 51.4 Å². The molecular formula is C10H19Mn-. The van der Waals surface area contributed by atoms with Crippen LogP contribution in [0, 0.1) is 12.8 Å². The summed E-state index contributed by atoms with van der Waals surface area (Å²) in [5.74, 6) is 0. The molecule has 0 heterocycles. The first-order chi connectivity index (χ1) is 4.41. The maximum absolute atomic E-state index is 1.56. The summed E-state index contributed by atoms with van der Waals surface area (Å²) in [6.45, 7) is 0. The predicted octanol–water partition coefficient (Wildman–Crippen LogP) is 3.57. The summed E-state index contributed by atoms with van der Waals surface area (Å²) in [7, 11) is 0. The van der Waals surface area contributed by atoms with E-state index in [2.05, 4.69) is 0 Å². The molecule has 0 aromatic carbocycles. The minimum Gasteiger partial charge on any atom is -0.358 e. The topological polar surface area (TPSA) is 0 Å². The van der Waals surface area contributed by atoms with Crippen LogP contribution in [0.25, 0.3) is 0 Å². The first-order valence-electron chi connectivity index (χ1n) is 4.41. The molecule has 0 aliphatic heterocycles. The first-order valence-corrected chi connectivity index (χ1v) is 4.41. The van der Waals surface area contributed by atoms with Gasteiger partial charge in [-0.3, -0.25) is 0 Å². The van der Waals surface area contributed by atoms with Crippen LogP contribution in [0.3, 0.4) is 0 Å². The van der Waals surface area contributed by atoms with Gasteiger partial charge < -0.3 is 7.43 Å². The normalized spacial score (nSPS) is 26.2. The third-order valence-corrected chi connectivity index (χ3v) is 3.33. The van der Waals surface area contributed by atoms with Gasteiger partial charge in [0.1, 0.15) is 0 Å². The quantitative estimate of drug-likeness (QED) is 0.408. The monoisotopic (exact) mass is 194 g/mol. The molecule has 0 amide bonds. The van der Waals surface area contributed by atoms with Crippen LogP contribution in [-0.4, -0.2) is 0 Å². The van der Waals surface area contributed by atoms with Crippen molar-refractivity contribution in [1.29, 1.82) is 0 Å². The molecule has 0 nitrogen and oxygen atoms in total. The van der Waals surface area contributed by atoms with Crippen LogP contribution in [0.15, 0.2) is 0 Å². The van der Waals surface area contributed by atoms with E-state index in [-0.39, 0.29) is 24.5 Å². The molecule has 0 aromatic heterocycles. The second kappa shape index (κ2) is 4.52. The van der Waals surface area contributed by atoms with E-state index in [0.717, 1.165) is 5.41 Å². The van der Waals surface area contributed by atoms with Crippen LogP contribution in [0.2, 0.25) is 0 Å². The standard InChI is InChI=1S/C9H16.CH3.Mn/c1-2-6-9(5-1)7-3-4-8-9;;/h1-8H2;1H3;/q;-1;. The molecule has 2 saturated carbocycles. The smallest absolute Gasteiger partial charge is 0 e. The molecule has 1 heteroatoms. The summed E-state index contributed by atoms with van der Waals surface area (Å²) in [4.78, 5) is 0. The fraction of sp³-hybridized carbons (Fsp3) is 0.900. The van der Waals surface area contributed by atoms with Crippen LogP contribution in [0.5, 0.6) is 0 Å². The zero-order chi connectivity index (χ0) is 6.16. The molecule has 0 N–H and O–H groups in total. The Morgan fingerprint density at radius 1 is 0.636 bits per heavy atom.